The van der Waals surface area contributed by atoms with E-state index in [1.54, 1.807) is 0 Å². The molecule has 0 saturated heterocycles. The van der Waals surface area contributed by atoms with Crippen LogP contribution in [-0.2, 0) is 9.53 Å². The summed E-state index contributed by atoms with van der Waals surface area (Å²) in [7, 11) is 0. The third-order valence-electron chi connectivity index (χ3n) is 1.27. The Balaban J connectivity index is 3.70. The van der Waals surface area contributed by atoms with Crippen molar-refractivity contribution in [2.45, 2.75) is 18.3 Å². The minimum atomic E-state index is -4.77. The number of carboxylic acid groups (broad SMARTS) is 1. The minimum Gasteiger partial charge on any atom is -0.480 e. The maximum Gasteiger partial charge on any atom is 0.416 e. The number of aliphatic hydroxyl groups is 1. The van der Waals surface area contributed by atoms with E-state index in [1.807, 2.05) is 0 Å². The quantitative estimate of drug-likeness (QED) is 0.568. The lowest BCUT2D eigenvalue weighted by Gasteiger charge is -2.15. The number of hydrogen-bond acceptors (Lipinski definition) is 4. The molecule has 0 fully saturated rings. The first-order chi connectivity index (χ1) is 6.25. The number of hydrogen-bond donors (Lipinski definition) is 3. The standard InChI is InChI=1S/C6H10F3NO4/c7-6(8,9)4(11)2-14-1-3(10)5(12)13/h3-4,11H,1-2,10H2,(H,12,13)/t3-,4-/m0/s1. The van der Waals surface area contributed by atoms with Gasteiger partial charge in [-0.3, -0.25) is 4.79 Å². The molecule has 84 valence electrons. The molecule has 0 heterocycles. The highest BCUT2D eigenvalue weighted by Gasteiger charge is 2.38. The number of aliphatic carboxylic acids is 1. The van der Waals surface area contributed by atoms with Gasteiger partial charge in [-0.1, -0.05) is 0 Å². The molecule has 0 amide bonds. The van der Waals surface area contributed by atoms with Gasteiger partial charge in [-0.15, -0.1) is 0 Å². The van der Waals surface area contributed by atoms with Crippen molar-refractivity contribution < 1.29 is 32.9 Å². The van der Waals surface area contributed by atoms with Crippen LogP contribution in [0.25, 0.3) is 0 Å². The van der Waals surface area contributed by atoms with Crippen molar-refractivity contribution in [2.24, 2.45) is 5.73 Å². The maximum atomic E-state index is 11.7. The maximum absolute atomic E-state index is 11.7. The minimum absolute atomic E-state index is 0.581. The van der Waals surface area contributed by atoms with Gasteiger partial charge in [-0.25, -0.2) is 0 Å². The van der Waals surface area contributed by atoms with E-state index in [9.17, 15) is 18.0 Å². The summed E-state index contributed by atoms with van der Waals surface area (Å²) in [5, 5.41) is 16.6. The summed E-state index contributed by atoms with van der Waals surface area (Å²) in [6, 6.07) is -1.39. The Morgan fingerprint density at radius 1 is 1.43 bits per heavy atom. The lowest BCUT2D eigenvalue weighted by molar-refractivity contribution is -0.217. The average molecular weight is 217 g/mol. The second kappa shape index (κ2) is 5.13. The summed E-state index contributed by atoms with van der Waals surface area (Å²) in [6.45, 7) is -1.60. The lowest BCUT2D eigenvalue weighted by Crippen LogP contribution is -2.38. The van der Waals surface area contributed by atoms with E-state index in [0.29, 0.717) is 0 Å². The van der Waals surface area contributed by atoms with Gasteiger partial charge < -0.3 is 20.7 Å². The molecule has 4 N–H and O–H groups in total. The summed E-state index contributed by atoms with van der Waals surface area (Å²) in [5.41, 5.74) is 4.92. The van der Waals surface area contributed by atoms with E-state index >= 15 is 0 Å². The molecule has 0 aliphatic rings. The number of ether oxygens (including phenoxy) is 1. The van der Waals surface area contributed by atoms with Crippen molar-refractivity contribution in [1.82, 2.24) is 0 Å². The van der Waals surface area contributed by atoms with Crippen LogP contribution in [0, 0.1) is 0 Å². The van der Waals surface area contributed by atoms with Crippen molar-refractivity contribution in [2.75, 3.05) is 13.2 Å². The van der Waals surface area contributed by atoms with Gasteiger partial charge in [0.25, 0.3) is 0 Å². The van der Waals surface area contributed by atoms with Crippen LogP contribution in [0.1, 0.15) is 0 Å². The van der Waals surface area contributed by atoms with Gasteiger partial charge in [0.2, 0.25) is 0 Å². The highest BCUT2D eigenvalue weighted by atomic mass is 19.4. The molecule has 0 aromatic rings. The molecule has 0 bridgehead atoms. The van der Waals surface area contributed by atoms with Gasteiger partial charge in [0, 0.05) is 0 Å². The summed E-state index contributed by atoms with van der Waals surface area (Å²) in [4.78, 5) is 10.1. The molecule has 0 aliphatic carbocycles. The third kappa shape index (κ3) is 5.00. The van der Waals surface area contributed by atoms with Crippen LogP contribution in [0.15, 0.2) is 0 Å². The molecule has 0 rings (SSSR count). The molecule has 5 nitrogen and oxygen atoms in total. The molecule has 0 aliphatic heterocycles. The Morgan fingerprint density at radius 2 is 1.93 bits per heavy atom. The van der Waals surface area contributed by atoms with Gasteiger partial charge in [0.1, 0.15) is 6.04 Å². The Hall–Kier alpha value is -0.860. The van der Waals surface area contributed by atoms with Crippen LogP contribution in [0.2, 0.25) is 0 Å². The molecular formula is C6H10F3NO4. The molecular weight excluding hydrogens is 207 g/mol. The number of halogens is 3. The molecule has 0 aromatic carbocycles. The van der Waals surface area contributed by atoms with Gasteiger partial charge in [0.05, 0.1) is 13.2 Å². The monoisotopic (exact) mass is 217 g/mol. The van der Waals surface area contributed by atoms with E-state index in [4.69, 9.17) is 15.9 Å². The van der Waals surface area contributed by atoms with Crippen LogP contribution >= 0.6 is 0 Å². The second-order valence-electron chi connectivity index (χ2n) is 2.54. The van der Waals surface area contributed by atoms with E-state index in [1.165, 1.54) is 0 Å². The molecule has 0 aromatic heterocycles. The highest BCUT2D eigenvalue weighted by Crippen LogP contribution is 2.19. The summed E-state index contributed by atoms with van der Waals surface area (Å²) in [6.07, 6.45) is -7.39. The van der Waals surface area contributed by atoms with Crippen molar-refractivity contribution in [3.8, 4) is 0 Å². The second-order valence-corrected chi connectivity index (χ2v) is 2.54. The number of carbonyl (C=O) groups is 1. The Kier molecular flexibility index (Phi) is 4.81. The smallest absolute Gasteiger partial charge is 0.416 e. The number of rotatable bonds is 5. The van der Waals surface area contributed by atoms with Crippen molar-refractivity contribution in [3.05, 3.63) is 0 Å². The molecule has 0 unspecified atom stereocenters. The lowest BCUT2D eigenvalue weighted by atomic mass is 10.3. The van der Waals surface area contributed by atoms with Crippen molar-refractivity contribution in [3.63, 3.8) is 0 Å². The SMILES string of the molecule is N[C@@H](COC[C@H](O)C(F)(F)F)C(=O)O. The van der Waals surface area contributed by atoms with E-state index in [2.05, 4.69) is 4.74 Å². The number of carboxylic acids is 1. The fraction of sp³-hybridized carbons (Fsp3) is 0.833. The molecule has 0 saturated carbocycles. The average Bonchev–Trinajstić information content (AvgIpc) is 2.01. The van der Waals surface area contributed by atoms with Crippen LogP contribution in [0.3, 0.4) is 0 Å². The van der Waals surface area contributed by atoms with Gasteiger partial charge in [-0.2, -0.15) is 13.2 Å². The molecule has 2 atom stereocenters. The van der Waals surface area contributed by atoms with E-state index in [-0.39, 0.29) is 0 Å². The normalized spacial score (nSPS) is 16.4. The largest absolute Gasteiger partial charge is 0.480 e. The van der Waals surface area contributed by atoms with Crippen LogP contribution in [-0.4, -0.2) is 47.7 Å². The zero-order valence-corrected chi connectivity index (χ0v) is 6.99. The first-order valence-corrected chi connectivity index (χ1v) is 3.56. The van der Waals surface area contributed by atoms with E-state index < -0.39 is 37.5 Å². The number of alkyl halides is 3. The first-order valence-electron chi connectivity index (χ1n) is 3.56. The Morgan fingerprint density at radius 3 is 2.29 bits per heavy atom. The van der Waals surface area contributed by atoms with Gasteiger partial charge in [-0.05, 0) is 0 Å². The molecule has 0 radical (unpaired) electrons. The van der Waals surface area contributed by atoms with Crippen LogP contribution < -0.4 is 5.73 Å². The topological polar surface area (TPSA) is 92.8 Å². The fourth-order valence-electron chi connectivity index (χ4n) is 0.472. The van der Waals surface area contributed by atoms with Crippen LogP contribution in [0.4, 0.5) is 13.2 Å². The van der Waals surface area contributed by atoms with E-state index in [0.717, 1.165) is 0 Å². The van der Waals surface area contributed by atoms with Crippen molar-refractivity contribution in [1.29, 1.82) is 0 Å². The first kappa shape index (κ1) is 13.1. The summed E-state index contributed by atoms with van der Waals surface area (Å²) in [5.74, 6) is -1.38. The zero-order chi connectivity index (χ0) is 11.4. The van der Waals surface area contributed by atoms with Crippen molar-refractivity contribution >= 4 is 5.97 Å². The molecule has 14 heavy (non-hydrogen) atoms. The predicted molar refractivity (Wildman–Crippen MR) is 38.5 cm³/mol. The Bertz CT molecular complexity index is 196. The zero-order valence-electron chi connectivity index (χ0n) is 6.99. The molecule has 8 heteroatoms. The predicted octanol–water partition coefficient (Wildman–Crippen LogP) is -0.662. The fourth-order valence-corrected chi connectivity index (χ4v) is 0.472. The Labute approximate surface area is 77.3 Å². The van der Waals surface area contributed by atoms with Crippen LogP contribution in [0.5, 0.6) is 0 Å². The van der Waals surface area contributed by atoms with Gasteiger partial charge >= 0.3 is 12.1 Å². The number of nitrogens with two attached hydrogens (primary N) is 1. The molecule has 0 spiro atoms. The number of aliphatic hydroxyl groups excluding tert-OH is 1. The summed E-state index contributed by atoms with van der Waals surface area (Å²) >= 11 is 0. The summed E-state index contributed by atoms with van der Waals surface area (Å²) < 4.78 is 39.2. The highest BCUT2D eigenvalue weighted by molar-refractivity contribution is 5.73. The third-order valence-corrected chi connectivity index (χ3v) is 1.27. The van der Waals surface area contributed by atoms with Gasteiger partial charge in [0.15, 0.2) is 6.10 Å².